The van der Waals surface area contributed by atoms with Crippen molar-refractivity contribution in [1.29, 1.82) is 0 Å². The number of carbonyl (C=O) groups excluding carboxylic acids is 1. The molecule has 0 saturated heterocycles. The van der Waals surface area contributed by atoms with Gasteiger partial charge in [-0.15, -0.1) is 0 Å². The molecule has 0 bridgehead atoms. The molecule has 1 N–H and O–H groups in total. The van der Waals surface area contributed by atoms with Crippen LogP contribution in [-0.2, 0) is 7.05 Å². The second-order valence-electron chi connectivity index (χ2n) is 6.00. The van der Waals surface area contributed by atoms with Crippen molar-refractivity contribution in [1.82, 2.24) is 9.78 Å². The van der Waals surface area contributed by atoms with E-state index in [1.165, 1.54) is 10.7 Å². The van der Waals surface area contributed by atoms with E-state index in [4.69, 9.17) is 0 Å². The van der Waals surface area contributed by atoms with Crippen LogP contribution in [0.2, 0.25) is 0 Å². The minimum Gasteiger partial charge on any atom is -0.319 e. The van der Waals surface area contributed by atoms with Crippen molar-refractivity contribution < 1.29 is 18.0 Å². The molecule has 1 amide bonds. The molecule has 4 nitrogen and oxygen atoms in total. The van der Waals surface area contributed by atoms with Crippen LogP contribution in [0.25, 0.3) is 11.1 Å². The Balaban J connectivity index is 1.96. The average molecular weight is 359 g/mol. The molecule has 0 saturated carbocycles. The fraction of sp³-hybridized carbons (Fsp3) is 0.158. The van der Waals surface area contributed by atoms with Crippen molar-refractivity contribution in [2.45, 2.75) is 13.8 Å². The van der Waals surface area contributed by atoms with E-state index in [9.17, 15) is 18.0 Å². The number of benzene rings is 2. The molecule has 134 valence electrons. The van der Waals surface area contributed by atoms with Crippen LogP contribution >= 0.6 is 0 Å². The number of nitrogens with one attached hydrogen (secondary N) is 1. The number of carbonyl (C=O) groups is 1. The Labute approximate surface area is 148 Å². The van der Waals surface area contributed by atoms with Crippen LogP contribution in [0.15, 0.2) is 36.5 Å². The van der Waals surface area contributed by atoms with E-state index in [0.29, 0.717) is 16.8 Å². The summed E-state index contributed by atoms with van der Waals surface area (Å²) in [6.45, 7) is 3.24. The summed E-state index contributed by atoms with van der Waals surface area (Å²) in [4.78, 5) is 12.3. The van der Waals surface area contributed by atoms with E-state index < -0.39 is 23.4 Å². The van der Waals surface area contributed by atoms with Gasteiger partial charge in [-0.2, -0.15) is 5.10 Å². The van der Waals surface area contributed by atoms with Gasteiger partial charge in [0.15, 0.2) is 0 Å². The molecule has 0 unspecified atom stereocenters. The number of nitrogens with zero attached hydrogens (tertiary/aromatic N) is 2. The lowest BCUT2D eigenvalue weighted by molar-refractivity contribution is 0.102. The predicted octanol–water partition coefficient (Wildman–Crippen LogP) is 4.37. The first-order valence-electron chi connectivity index (χ1n) is 7.84. The van der Waals surface area contributed by atoms with Crippen LogP contribution in [0.4, 0.5) is 18.9 Å². The number of aryl methyl sites for hydroxylation is 3. The SMILES string of the molecule is Cc1cccc(F)c1C(=O)Nc1cc(F)c(-c2cn(C)nc2C)cc1F. The van der Waals surface area contributed by atoms with Gasteiger partial charge in [0.25, 0.3) is 5.91 Å². The van der Waals surface area contributed by atoms with Crippen LogP contribution in [-0.4, -0.2) is 15.7 Å². The monoisotopic (exact) mass is 359 g/mol. The Morgan fingerprint density at radius 3 is 2.38 bits per heavy atom. The molecule has 0 aliphatic heterocycles. The fourth-order valence-electron chi connectivity index (χ4n) is 2.82. The molecule has 3 aromatic rings. The molecule has 0 fully saturated rings. The Morgan fingerprint density at radius 2 is 1.77 bits per heavy atom. The van der Waals surface area contributed by atoms with Gasteiger partial charge in [0, 0.05) is 30.4 Å². The van der Waals surface area contributed by atoms with Gasteiger partial charge in [-0.3, -0.25) is 9.48 Å². The molecular formula is C19H16F3N3O. The summed E-state index contributed by atoms with van der Waals surface area (Å²) >= 11 is 0. The van der Waals surface area contributed by atoms with Crippen molar-refractivity contribution in [2.24, 2.45) is 7.05 Å². The van der Waals surface area contributed by atoms with Gasteiger partial charge in [-0.25, -0.2) is 13.2 Å². The quantitative estimate of drug-likeness (QED) is 0.755. The Kier molecular flexibility index (Phi) is 4.54. The topological polar surface area (TPSA) is 46.9 Å². The van der Waals surface area contributed by atoms with Crippen LogP contribution < -0.4 is 5.32 Å². The predicted molar refractivity (Wildman–Crippen MR) is 92.4 cm³/mol. The maximum absolute atomic E-state index is 14.5. The number of amides is 1. The zero-order valence-corrected chi connectivity index (χ0v) is 14.4. The zero-order chi connectivity index (χ0) is 19.0. The maximum Gasteiger partial charge on any atom is 0.258 e. The summed E-state index contributed by atoms with van der Waals surface area (Å²) < 4.78 is 44.3. The summed E-state index contributed by atoms with van der Waals surface area (Å²) in [5, 5.41) is 6.34. The highest BCUT2D eigenvalue weighted by Crippen LogP contribution is 2.30. The first kappa shape index (κ1) is 17.7. The van der Waals surface area contributed by atoms with Crippen molar-refractivity contribution in [3.63, 3.8) is 0 Å². The van der Waals surface area contributed by atoms with Crippen molar-refractivity contribution in [3.05, 3.63) is 70.8 Å². The van der Waals surface area contributed by atoms with Crippen molar-refractivity contribution >= 4 is 11.6 Å². The summed E-state index contributed by atoms with van der Waals surface area (Å²) in [5.74, 6) is -3.12. The standard InChI is InChI=1S/C19H16F3N3O/c1-10-5-4-6-14(20)18(10)19(26)23-17-8-15(21)12(7-16(17)22)13-9-25(3)24-11(13)2/h4-9H,1-3H3,(H,23,26). The lowest BCUT2D eigenvalue weighted by Crippen LogP contribution is -2.16. The third-order valence-corrected chi connectivity index (χ3v) is 4.06. The van der Waals surface area contributed by atoms with Crippen LogP contribution in [0.5, 0.6) is 0 Å². The minimum absolute atomic E-state index is 0.0353. The smallest absolute Gasteiger partial charge is 0.258 e. The van der Waals surface area contributed by atoms with Gasteiger partial charge in [-0.1, -0.05) is 12.1 Å². The lowest BCUT2D eigenvalue weighted by atomic mass is 10.0. The molecule has 1 heterocycles. The highest BCUT2D eigenvalue weighted by molar-refractivity contribution is 6.05. The largest absolute Gasteiger partial charge is 0.319 e. The Morgan fingerprint density at radius 1 is 1.04 bits per heavy atom. The van der Waals surface area contributed by atoms with Crippen molar-refractivity contribution in [3.8, 4) is 11.1 Å². The molecule has 7 heteroatoms. The van der Waals surface area contributed by atoms with E-state index in [2.05, 4.69) is 10.4 Å². The highest BCUT2D eigenvalue weighted by Gasteiger charge is 2.19. The number of hydrogen-bond donors (Lipinski definition) is 1. The molecule has 0 spiro atoms. The van der Waals surface area contributed by atoms with Crippen molar-refractivity contribution in [2.75, 3.05) is 5.32 Å². The minimum atomic E-state index is -0.843. The second kappa shape index (κ2) is 6.67. The van der Waals surface area contributed by atoms with Crippen LogP contribution in [0, 0.1) is 31.3 Å². The summed E-state index contributed by atoms with van der Waals surface area (Å²) in [7, 11) is 1.68. The molecule has 1 aromatic heterocycles. The zero-order valence-electron chi connectivity index (χ0n) is 14.4. The third-order valence-electron chi connectivity index (χ3n) is 4.06. The summed E-state index contributed by atoms with van der Waals surface area (Å²) in [6, 6.07) is 6.03. The average Bonchev–Trinajstić information content (AvgIpc) is 2.88. The van der Waals surface area contributed by atoms with Gasteiger partial charge in [0.1, 0.15) is 17.5 Å². The van der Waals surface area contributed by atoms with Gasteiger partial charge in [-0.05, 0) is 31.5 Å². The van der Waals surface area contributed by atoms with E-state index in [1.807, 2.05) is 0 Å². The van der Waals surface area contributed by atoms with Gasteiger partial charge < -0.3 is 5.32 Å². The van der Waals surface area contributed by atoms with Crippen LogP contribution in [0.3, 0.4) is 0 Å². The van der Waals surface area contributed by atoms with E-state index in [1.54, 1.807) is 33.2 Å². The molecule has 0 radical (unpaired) electrons. The number of aromatic nitrogens is 2. The van der Waals surface area contributed by atoms with Crippen LogP contribution in [0.1, 0.15) is 21.6 Å². The second-order valence-corrected chi connectivity index (χ2v) is 6.00. The van der Waals surface area contributed by atoms with E-state index >= 15 is 0 Å². The fourth-order valence-corrected chi connectivity index (χ4v) is 2.82. The first-order chi connectivity index (χ1) is 12.3. The van der Waals surface area contributed by atoms with E-state index in [-0.39, 0.29) is 16.8 Å². The summed E-state index contributed by atoms with van der Waals surface area (Å²) in [5.41, 5.74) is 0.857. The van der Waals surface area contributed by atoms with Gasteiger partial charge in [0.2, 0.25) is 0 Å². The molecule has 0 aliphatic carbocycles. The lowest BCUT2D eigenvalue weighted by Gasteiger charge is -2.11. The Hall–Kier alpha value is -3.09. The highest BCUT2D eigenvalue weighted by atomic mass is 19.1. The molecular weight excluding hydrogens is 343 g/mol. The molecule has 2 aromatic carbocycles. The van der Waals surface area contributed by atoms with E-state index in [0.717, 1.165) is 18.2 Å². The summed E-state index contributed by atoms with van der Waals surface area (Å²) in [6.07, 6.45) is 1.58. The van der Waals surface area contributed by atoms with Gasteiger partial charge in [0.05, 0.1) is 16.9 Å². The number of hydrogen-bond acceptors (Lipinski definition) is 2. The number of halogens is 3. The maximum atomic E-state index is 14.5. The third kappa shape index (κ3) is 3.20. The molecule has 26 heavy (non-hydrogen) atoms. The number of rotatable bonds is 3. The normalized spacial score (nSPS) is 10.8. The first-order valence-corrected chi connectivity index (χ1v) is 7.84. The Bertz CT molecular complexity index is 991. The van der Waals surface area contributed by atoms with Gasteiger partial charge >= 0.3 is 0 Å². The molecule has 0 aliphatic rings. The molecule has 3 rings (SSSR count). The number of anilines is 1. The molecule has 0 atom stereocenters.